The second kappa shape index (κ2) is 13.1. The van der Waals surface area contributed by atoms with Crippen LogP contribution < -0.4 is 15.7 Å². The first kappa shape index (κ1) is 27.9. The van der Waals surface area contributed by atoms with Crippen molar-refractivity contribution in [2.45, 2.75) is 57.5 Å². The van der Waals surface area contributed by atoms with E-state index in [1.807, 2.05) is 50.2 Å². The van der Waals surface area contributed by atoms with E-state index in [0.29, 0.717) is 41.5 Å². The van der Waals surface area contributed by atoms with E-state index in [1.54, 1.807) is 6.92 Å². The van der Waals surface area contributed by atoms with Crippen molar-refractivity contribution < 1.29 is 23.5 Å². The number of amides is 1. The molecule has 1 amide bonds. The maximum atomic E-state index is 13.2. The number of fused-ring (bicyclic) bond motifs is 1. The van der Waals surface area contributed by atoms with Gasteiger partial charge in [-0.25, -0.2) is 14.4 Å². The highest BCUT2D eigenvalue weighted by Crippen LogP contribution is 2.34. The Hall–Kier alpha value is -2.65. The zero-order valence-electron chi connectivity index (χ0n) is 20.4. The number of halogens is 2. The highest BCUT2D eigenvalue weighted by molar-refractivity contribution is 9.12. The molecule has 0 aliphatic heterocycles. The average Bonchev–Trinajstić information content (AvgIpc) is 2.86. The average molecular weight is 623 g/mol. The number of carbonyl (C=O) groups excluding carboxylic acids is 2. The molecular weight excluding hydrogens is 594 g/mol. The van der Waals surface area contributed by atoms with Gasteiger partial charge >= 0.3 is 17.7 Å². The number of aryl methyl sites for hydroxylation is 2. The molecule has 36 heavy (non-hydrogen) atoms. The fourth-order valence-corrected chi connectivity index (χ4v) is 4.44. The Morgan fingerprint density at radius 1 is 1.14 bits per heavy atom. The third kappa shape index (κ3) is 7.20. The number of hydrogen-bond donors (Lipinski definition) is 1. The van der Waals surface area contributed by atoms with Crippen molar-refractivity contribution in [3.63, 3.8) is 0 Å². The fraction of sp³-hybridized carbons (Fsp3) is 0.370. The number of rotatable bonds is 10. The van der Waals surface area contributed by atoms with E-state index < -0.39 is 23.7 Å². The van der Waals surface area contributed by atoms with E-state index in [2.05, 4.69) is 37.2 Å². The lowest BCUT2D eigenvalue weighted by molar-refractivity contribution is -0.136. The molecule has 2 aromatic carbocycles. The van der Waals surface area contributed by atoms with Gasteiger partial charge in [0.2, 0.25) is 0 Å². The van der Waals surface area contributed by atoms with E-state index in [1.165, 1.54) is 6.07 Å². The first-order valence-corrected chi connectivity index (χ1v) is 13.7. The van der Waals surface area contributed by atoms with Crippen LogP contribution in [0.5, 0.6) is 5.75 Å². The number of esters is 1. The van der Waals surface area contributed by atoms with Crippen LogP contribution in [-0.4, -0.2) is 28.3 Å². The summed E-state index contributed by atoms with van der Waals surface area (Å²) in [5.41, 5.74) is 2.85. The lowest BCUT2D eigenvalue weighted by Crippen LogP contribution is -2.43. The van der Waals surface area contributed by atoms with Gasteiger partial charge in [-0.05, 0) is 49.4 Å². The smallest absolute Gasteiger partial charge is 0.408 e. The van der Waals surface area contributed by atoms with Crippen LogP contribution in [0.1, 0.15) is 42.0 Å². The Labute approximate surface area is 226 Å². The maximum Gasteiger partial charge on any atom is 0.408 e. The summed E-state index contributed by atoms with van der Waals surface area (Å²) in [6.45, 7) is 5.59. The first-order valence-electron chi connectivity index (χ1n) is 11.7. The quantitative estimate of drug-likeness (QED) is 0.127. The zero-order chi connectivity index (χ0) is 26.2. The molecule has 0 aliphatic carbocycles. The first-order chi connectivity index (χ1) is 17.2. The number of nitrogens with one attached hydrogen (secondary N) is 1. The van der Waals surface area contributed by atoms with Crippen LogP contribution in [0.25, 0.3) is 11.0 Å². The Kier molecular flexibility index (Phi) is 10.1. The molecule has 0 spiro atoms. The molecule has 9 heteroatoms. The van der Waals surface area contributed by atoms with Crippen molar-refractivity contribution in [1.82, 2.24) is 5.32 Å². The molecule has 1 heterocycles. The van der Waals surface area contributed by atoms with E-state index in [4.69, 9.17) is 13.9 Å². The molecule has 0 fully saturated rings. The van der Waals surface area contributed by atoms with E-state index in [0.717, 1.165) is 22.1 Å². The van der Waals surface area contributed by atoms with E-state index in [9.17, 15) is 14.4 Å². The molecule has 0 unspecified atom stereocenters. The minimum atomic E-state index is -0.901. The van der Waals surface area contributed by atoms with Gasteiger partial charge in [0.25, 0.3) is 0 Å². The number of benzene rings is 2. The minimum Gasteiger partial charge on any atom is -0.445 e. The second-order valence-corrected chi connectivity index (χ2v) is 10.5. The molecular formula is C27H29Br2NO6. The molecule has 0 radical (unpaired) electrons. The highest BCUT2D eigenvalue weighted by atomic mass is 79.9. The standard InChI is InChI=1S/C27H29Br2NO6/c1-4-8-22(30-27(33)34-15-18-9-6-5-7-10-18)26(32)36-24-17(3)25-21(16(2)11-23(31)35-25)13-19(24)12-20(29)14-28/h5-7,9-11,13,20,22H,4,8,12,14-15H2,1-3H3,(H,30,33)/t20-,22-/m0/s1. The van der Waals surface area contributed by atoms with Gasteiger partial charge in [-0.15, -0.1) is 0 Å². The fourth-order valence-electron chi connectivity index (χ4n) is 3.86. The molecule has 1 N–H and O–H groups in total. The number of alkyl carbamates (subject to hydrolysis) is 1. The minimum absolute atomic E-state index is 0.0837. The number of carbonyl (C=O) groups is 2. The third-order valence-electron chi connectivity index (χ3n) is 5.68. The van der Waals surface area contributed by atoms with E-state index >= 15 is 0 Å². The Morgan fingerprint density at radius 3 is 2.53 bits per heavy atom. The topological polar surface area (TPSA) is 94.8 Å². The number of alkyl halides is 2. The van der Waals surface area contributed by atoms with Crippen LogP contribution in [0.4, 0.5) is 4.79 Å². The SMILES string of the molecule is CCC[C@H](NC(=O)OCc1ccccc1)C(=O)Oc1c(C[C@H](Br)CBr)cc2c(C)cc(=O)oc2c1C. The Balaban J connectivity index is 1.86. The monoisotopic (exact) mass is 621 g/mol. The zero-order valence-corrected chi connectivity index (χ0v) is 23.6. The van der Waals surface area contributed by atoms with Crippen molar-refractivity contribution in [3.05, 3.63) is 75.1 Å². The summed E-state index contributed by atoms with van der Waals surface area (Å²) in [6.07, 6.45) is 0.876. The molecule has 0 bridgehead atoms. The molecule has 3 rings (SSSR count). The second-order valence-electron chi connectivity index (χ2n) is 8.54. The number of hydrogen-bond acceptors (Lipinski definition) is 6. The largest absolute Gasteiger partial charge is 0.445 e. The van der Waals surface area contributed by atoms with Gasteiger partial charge in [0.1, 0.15) is 24.0 Å². The predicted molar refractivity (Wildman–Crippen MR) is 146 cm³/mol. The van der Waals surface area contributed by atoms with E-state index in [-0.39, 0.29) is 11.4 Å². The van der Waals surface area contributed by atoms with Crippen LogP contribution in [-0.2, 0) is 22.6 Å². The van der Waals surface area contributed by atoms with Crippen LogP contribution >= 0.6 is 31.9 Å². The van der Waals surface area contributed by atoms with Gasteiger partial charge in [-0.2, -0.15) is 0 Å². The van der Waals surface area contributed by atoms with Crippen molar-refractivity contribution >= 4 is 54.9 Å². The molecule has 0 saturated carbocycles. The third-order valence-corrected chi connectivity index (χ3v) is 7.97. The van der Waals surface area contributed by atoms with Crippen LogP contribution in [0.3, 0.4) is 0 Å². The molecule has 192 valence electrons. The Morgan fingerprint density at radius 2 is 1.86 bits per heavy atom. The lowest BCUT2D eigenvalue weighted by atomic mass is 9.99. The predicted octanol–water partition coefficient (Wildman–Crippen LogP) is 6.11. The summed E-state index contributed by atoms with van der Waals surface area (Å²) in [6, 6.07) is 11.7. The normalized spacial score (nSPS) is 12.7. The van der Waals surface area contributed by atoms with Crippen molar-refractivity contribution in [2.75, 3.05) is 5.33 Å². The summed E-state index contributed by atoms with van der Waals surface area (Å²) in [4.78, 5) is 37.8. The number of ether oxygens (including phenoxy) is 2. The molecule has 0 aliphatic rings. The summed E-state index contributed by atoms with van der Waals surface area (Å²) in [5, 5.41) is 4.10. The van der Waals surface area contributed by atoms with Crippen LogP contribution in [0, 0.1) is 13.8 Å². The summed E-state index contributed by atoms with van der Waals surface area (Å²) < 4.78 is 16.6. The van der Waals surface area contributed by atoms with Crippen LogP contribution in [0.15, 0.2) is 51.7 Å². The van der Waals surface area contributed by atoms with Gasteiger partial charge in [0.05, 0.1) is 0 Å². The highest BCUT2D eigenvalue weighted by Gasteiger charge is 2.26. The van der Waals surface area contributed by atoms with Crippen LogP contribution in [0.2, 0.25) is 0 Å². The van der Waals surface area contributed by atoms with Crippen molar-refractivity contribution in [1.29, 1.82) is 0 Å². The van der Waals surface area contributed by atoms with Gasteiger partial charge in [0.15, 0.2) is 0 Å². The molecule has 0 saturated heterocycles. The van der Waals surface area contributed by atoms with Crippen molar-refractivity contribution in [2.24, 2.45) is 0 Å². The summed E-state index contributed by atoms with van der Waals surface area (Å²) in [7, 11) is 0. The Bertz CT molecular complexity index is 1270. The molecule has 7 nitrogen and oxygen atoms in total. The molecule has 3 aromatic rings. The van der Waals surface area contributed by atoms with Crippen molar-refractivity contribution in [3.8, 4) is 5.75 Å². The molecule has 1 aromatic heterocycles. The summed E-state index contributed by atoms with van der Waals surface area (Å²) >= 11 is 7.09. The summed E-state index contributed by atoms with van der Waals surface area (Å²) in [5.74, 6) is -0.288. The maximum absolute atomic E-state index is 13.2. The lowest BCUT2D eigenvalue weighted by Gasteiger charge is -2.20. The van der Waals surface area contributed by atoms with Gasteiger partial charge < -0.3 is 19.2 Å². The van der Waals surface area contributed by atoms with Gasteiger partial charge in [0, 0.05) is 27.2 Å². The molecule has 2 atom stereocenters. The van der Waals surface area contributed by atoms with Gasteiger partial charge in [-0.3, -0.25) is 0 Å². The van der Waals surface area contributed by atoms with Gasteiger partial charge in [-0.1, -0.05) is 75.5 Å².